The van der Waals surface area contributed by atoms with E-state index < -0.39 is 0 Å². The minimum Gasteiger partial charge on any atom is -0.381 e. The molecule has 2 aromatic carbocycles. The molecule has 1 atom stereocenters. The largest absolute Gasteiger partial charge is 0.381 e. The van der Waals surface area contributed by atoms with Crippen LogP contribution in [-0.4, -0.2) is 19.1 Å². The lowest BCUT2D eigenvalue weighted by molar-refractivity contribution is 0.628. The Bertz CT molecular complexity index is 597. The summed E-state index contributed by atoms with van der Waals surface area (Å²) in [5, 5.41) is 3.17. The number of hydrogen-bond acceptors (Lipinski definition) is 2. The normalized spacial score (nSPS) is 17.1. The zero-order valence-corrected chi connectivity index (χ0v) is 11.6. The van der Waals surface area contributed by atoms with E-state index in [-0.39, 0.29) is 5.82 Å². The summed E-state index contributed by atoms with van der Waals surface area (Å²) < 4.78 is 13.5. The number of nitrogens with zero attached hydrogens (tertiary/aromatic N) is 1. The predicted molar refractivity (Wildman–Crippen MR) is 81.8 cm³/mol. The summed E-state index contributed by atoms with van der Waals surface area (Å²) in [5.74, 6) is -0.192. The van der Waals surface area contributed by atoms with Crippen molar-refractivity contribution in [1.29, 1.82) is 0 Å². The number of para-hydroxylation sites is 2. The summed E-state index contributed by atoms with van der Waals surface area (Å²) in [6, 6.07) is 15.8. The Morgan fingerprint density at radius 3 is 2.75 bits per heavy atom. The molecule has 0 spiro atoms. The second-order valence-corrected chi connectivity index (χ2v) is 5.28. The van der Waals surface area contributed by atoms with Gasteiger partial charge in [-0.25, -0.2) is 4.39 Å². The molecule has 1 unspecified atom stereocenters. The molecule has 0 amide bonds. The Kier molecular flexibility index (Phi) is 3.59. The SMILES string of the molecule is CC1Cc2ccccc2N1CCNc1ccccc1F. The quantitative estimate of drug-likeness (QED) is 0.911. The minimum atomic E-state index is -0.192. The van der Waals surface area contributed by atoms with Crippen molar-refractivity contribution in [2.75, 3.05) is 23.3 Å². The maximum atomic E-state index is 13.5. The number of nitrogens with one attached hydrogen (secondary N) is 1. The van der Waals surface area contributed by atoms with Gasteiger partial charge in [0.25, 0.3) is 0 Å². The van der Waals surface area contributed by atoms with Gasteiger partial charge in [-0.2, -0.15) is 0 Å². The van der Waals surface area contributed by atoms with Gasteiger partial charge in [0.2, 0.25) is 0 Å². The average molecular weight is 270 g/mol. The fourth-order valence-corrected chi connectivity index (χ4v) is 2.89. The molecular weight excluding hydrogens is 251 g/mol. The number of anilines is 2. The van der Waals surface area contributed by atoms with Crippen molar-refractivity contribution in [2.24, 2.45) is 0 Å². The summed E-state index contributed by atoms with van der Waals surface area (Å²) >= 11 is 0. The van der Waals surface area contributed by atoms with Crippen molar-refractivity contribution in [3.05, 3.63) is 59.9 Å². The summed E-state index contributed by atoms with van der Waals surface area (Å²) in [4.78, 5) is 2.39. The van der Waals surface area contributed by atoms with E-state index in [0.717, 1.165) is 19.5 Å². The second-order valence-electron chi connectivity index (χ2n) is 5.28. The molecule has 20 heavy (non-hydrogen) atoms. The lowest BCUT2D eigenvalue weighted by atomic mass is 10.1. The molecule has 1 aliphatic rings. The number of hydrogen-bond donors (Lipinski definition) is 1. The van der Waals surface area contributed by atoms with Crippen molar-refractivity contribution >= 4 is 11.4 Å². The third-order valence-corrected chi connectivity index (χ3v) is 3.89. The molecular formula is C17H19FN2. The molecule has 0 bridgehead atoms. The van der Waals surface area contributed by atoms with Crippen LogP contribution in [0.25, 0.3) is 0 Å². The van der Waals surface area contributed by atoms with E-state index >= 15 is 0 Å². The van der Waals surface area contributed by atoms with Gasteiger partial charge >= 0.3 is 0 Å². The molecule has 1 aliphatic heterocycles. The van der Waals surface area contributed by atoms with Gasteiger partial charge in [0, 0.05) is 24.8 Å². The molecule has 3 rings (SSSR count). The number of fused-ring (bicyclic) bond motifs is 1. The predicted octanol–water partition coefficient (Wildman–Crippen LogP) is 3.69. The first-order chi connectivity index (χ1) is 9.75. The fraction of sp³-hybridized carbons (Fsp3) is 0.294. The highest BCUT2D eigenvalue weighted by molar-refractivity contribution is 5.59. The van der Waals surface area contributed by atoms with Crippen LogP contribution < -0.4 is 10.2 Å². The monoisotopic (exact) mass is 270 g/mol. The van der Waals surface area contributed by atoms with Gasteiger partial charge in [-0.05, 0) is 37.1 Å². The minimum absolute atomic E-state index is 0.192. The van der Waals surface area contributed by atoms with Gasteiger partial charge in [0.15, 0.2) is 0 Å². The van der Waals surface area contributed by atoms with E-state index in [1.165, 1.54) is 17.3 Å². The summed E-state index contributed by atoms with van der Waals surface area (Å²) in [7, 11) is 0. The van der Waals surface area contributed by atoms with Crippen LogP contribution in [0.2, 0.25) is 0 Å². The Hall–Kier alpha value is -2.03. The topological polar surface area (TPSA) is 15.3 Å². The molecule has 0 saturated carbocycles. The van der Waals surface area contributed by atoms with Gasteiger partial charge in [-0.15, -0.1) is 0 Å². The van der Waals surface area contributed by atoms with Crippen LogP contribution in [0.4, 0.5) is 15.8 Å². The molecule has 1 heterocycles. The van der Waals surface area contributed by atoms with Crippen molar-refractivity contribution in [1.82, 2.24) is 0 Å². The maximum Gasteiger partial charge on any atom is 0.146 e. The maximum absolute atomic E-state index is 13.5. The molecule has 0 fully saturated rings. The zero-order valence-electron chi connectivity index (χ0n) is 11.6. The lowest BCUT2D eigenvalue weighted by Crippen LogP contribution is -2.33. The van der Waals surface area contributed by atoms with Crippen molar-refractivity contribution in [3.63, 3.8) is 0 Å². The van der Waals surface area contributed by atoms with Crippen LogP contribution >= 0.6 is 0 Å². The zero-order chi connectivity index (χ0) is 13.9. The molecule has 104 valence electrons. The first-order valence-corrected chi connectivity index (χ1v) is 7.08. The molecule has 3 heteroatoms. The highest BCUT2D eigenvalue weighted by Crippen LogP contribution is 2.31. The van der Waals surface area contributed by atoms with Gasteiger partial charge in [0.1, 0.15) is 5.82 Å². The van der Waals surface area contributed by atoms with Crippen LogP contribution in [0.3, 0.4) is 0 Å². The highest BCUT2D eigenvalue weighted by Gasteiger charge is 2.24. The van der Waals surface area contributed by atoms with Gasteiger partial charge in [0.05, 0.1) is 5.69 Å². The van der Waals surface area contributed by atoms with Gasteiger partial charge < -0.3 is 10.2 Å². The molecule has 1 N–H and O–H groups in total. The summed E-state index contributed by atoms with van der Waals surface area (Å²) in [6.45, 7) is 3.86. The van der Waals surface area contributed by atoms with Crippen LogP contribution in [0, 0.1) is 5.82 Å². The van der Waals surface area contributed by atoms with Crippen LogP contribution in [0.1, 0.15) is 12.5 Å². The van der Waals surface area contributed by atoms with Crippen LogP contribution in [-0.2, 0) is 6.42 Å². The first-order valence-electron chi connectivity index (χ1n) is 7.08. The van der Waals surface area contributed by atoms with Gasteiger partial charge in [-0.3, -0.25) is 0 Å². The molecule has 0 aromatic heterocycles. The van der Waals surface area contributed by atoms with Crippen molar-refractivity contribution < 1.29 is 4.39 Å². The Labute approximate surface area is 119 Å². The first kappa shape index (κ1) is 13.0. The number of rotatable bonds is 4. The Balaban J connectivity index is 1.63. The van der Waals surface area contributed by atoms with E-state index in [1.54, 1.807) is 12.1 Å². The fourth-order valence-electron chi connectivity index (χ4n) is 2.89. The molecule has 2 nitrogen and oxygen atoms in total. The highest BCUT2D eigenvalue weighted by atomic mass is 19.1. The lowest BCUT2D eigenvalue weighted by Gasteiger charge is -2.25. The van der Waals surface area contributed by atoms with E-state index in [4.69, 9.17) is 0 Å². The van der Waals surface area contributed by atoms with Crippen LogP contribution in [0.5, 0.6) is 0 Å². The Morgan fingerprint density at radius 1 is 1.15 bits per heavy atom. The third kappa shape index (κ3) is 2.48. The molecule has 0 saturated heterocycles. The molecule has 2 aromatic rings. The summed E-state index contributed by atoms with van der Waals surface area (Å²) in [5.41, 5.74) is 3.30. The van der Waals surface area contributed by atoms with E-state index in [9.17, 15) is 4.39 Å². The van der Waals surface area contributed by atoms with Crippen LogP contribution in [0.15, 0.2) is 48.5 Å². The van der Waals surface area contributed by atoms with Gasteiger partial charge in [-0.1, -0.05) is 30.3 Å². The molecule has 0 aliphatic carbocycles. The van der Waals surface area contributed by atoms with Crippen molar-refractivity contribution in [3.8, 4) is 0 Å². The third-order valence-electron chi connectivity index (χ3n) is 3.89. The average Bonchev–Trinajstić information content (AvgIpc) is 2.77. The Morgan fingerprint density at radius 2 is 1.90 bits per heavy atom. The van der Waals surface area contributed by atoms with E-state index in [2.05, 4.69) is 41.4 Å². The number of benzene rings is 2. The smallest absolute Gasteiger partial charge is 0.146 e. The second kappa shape index (κ2) is 5.53. The van der Waals surface area contributed by atoms with Crippen molar-refractivity contribution in [2.45, 2.75) is 19.4 Å². The van der Waals surface area contributed by atoms with E-state index in [1.807, 2.05) is 6.07 Å². The number of halogens is 1. The standard InChI is InChI=1S/C17H19FN2/c1-13-12-14-6-2-5-9-17(14)20(13)11-10-19-16-8-4-3-7-15(16)18/h2-9,13,19H,10-12H2,1H3. The molecule has 0 radical (unpaired) electrons. The van der Waals surface area contributed by atoms with E-state index in [0.29, 0.717) is 11.7 Å². The summed E-state index contributed by atoms with van der Waals surface area (Å²) in [6.07, 6.45) is 1.09.